The molecule has 24 heavy (non-hydrogen) atoms. The lowest BCUT2D eigenvalue weighted by molar-refractivity contribution is -0.117. The number of halogens is 3. The fourth-order valence-corrected chi connectivity index (χ4v) is 2.04. The number of hydrogen-bond donors (Lipinski definition) is 2. The van der Waals surface area contributed by atoms with Crippen LogP contribution in [0, 0.1) is 23.0 Å². The third kappa shape index (κ3) is 4.31. The van der Waals surface area contributed by atoms with Gasteiger partial charge in [0, 0.05) is 17.8 Å². The molecule has 0 fully saturated rings. The van der Waals surface area contributed by atoms with Crippen LogP contribution >= 0.6 is 11.6 Å². The van der Waals surface area contributed by atoms with Gasteiger partial charge in [-0.05, 0) is 23.8 Å². The van der Waals surface area contributed by atoms with E-state index in [1.807, 2.05) is 0 Å². The summed E-state index contributed by atoms with van der Waals surface area (Å²) in [7, 11) is 0. The number of nitrogens with zero attached hydrogens (tertiary/aromatic N) is 1. The van der Waals surface area contributed by atoms with Crippen molar-refractivity contribution >= 4 is 23.2 Å². The molecular weight excluding hydrogens is 336 g/mol. The van der Waals surface area contributed by atoms with E-state index in [-0.39, 0.29) is 12.1 Å². The van der Waals surface area contributed by atoms with Crippen molar-refractivity contribution < 1.29 is 13.6 Å². The molecule has 0 aromatic heterocycles. The Bertz CT molecular complexity index is 811. The van der Waals surface area contributed by atoms with Gasteiger partial charge < -0.3 is 10.6 Å². The van der Waals surface area contributed by atoms with Crippen LogP contribution in [0.2, 0.25) is 5.02 Å². The number of nitrogens with one attached hydrogen (secondary N) is 2. The molecule has 0 heterocycles. The Kier molecular flexibility index (Phi) is 5.88. The minimum Gasteiger partial charge on any atom is -0.355 e. The van der Waals surface area contributed by atoms with Crippen molar-refractivity contribution in [1.82, 2.24) is 5.32 Å². The fourth-order valence-electron chi connectivity index (χ4n) is 1.84. The van der Waals surface area contributed by atoms with Gasteiger partial charge in [-0.15, -0.1) is 0 Å². The van der Waals surface area contributed by atoms with Crippen molar-refractivity contribution in [2.45, 2.75) is 6.54 Å². The Morgan fingerprint density at radius 1 is 1.17 bits per heavy atom. The third-order valence-electron chi connectivity index (χ3n) is 3.09. The molecule has 0 aliphatic heterocycles. The monoisotopic (exact) mass is 347 g/mol. The minimum atomic E-state index is -0.833. The summed E-state index contributed by atoms with van der Waals surface area (Å²) in [4.78, 5) is 12.0. The van der Waals surface area contributed by atoms with Crippen molar-refractivity contribution in [1.29, 1.82) is 5.26 Å². The number of carbonyl (C=O) groups is 1. The van der Waals surface area contributed by atoms with E-state index in [0.717, 1.165) is 18.3 Å². The molecule has 0 atom stereocenters. The van der Waals surface area contributed by atoms with E-state index in [0.29, 0.717) is 10.6 Å². The predicted octanol–water partition coefficient (Wildman–Crippen LogP) is 3.75. The molecule has 0 bridgehead atoms. The lowest BCUT2D eigenvalue weighted by Crippen LogP contribution is -2.24. The maximum atomic E-state index is 13.5. The first-order chi connectivity index (χ1) is 11.5. The van der Waals surface area contributed by atoms with Crippen LogP contribution in [0.15, 0.2) is 54.2 Å². The summed E-state index contributed by atoms with van der Waals surface area (Å²) in [5.41, 5.74) is -0.0909. The van der Waals surface area contributed by atoms with Crippen LogP contribution in [0.5, 0.6) is 0 Å². The average Bonchev–Trinajstić information content (AvgIpc) is 2.57. The third-order valence-corrected chi connectivity index (χ3v) is 3.45. The van der Waals surface area contributed by atoms with Crippen LogP contribution in [-0.4, -0.2) is 5.91 Å². The number of amides is 1. The van der Waals surface area contributed by atoms with E-state index in [4.69, 9.17) is 16.9 Å². The highest BCUT2D eigenvalue weighted by atomic mass is 35.5. The summed E-state index contributed by atoms with van der Waals surface area (Å²) in [6.07, 6.45) is 0.948. The number of hydrogen-bond acceptors (Lipinski definition) is 3. The fraction of sp³-hybridized carbons (Fsp3) is 0.0588. The van der Waals surface area contributed by atoms with E-state index in [1.165, 1.54) is 6.07 Å². The molecular formula is C17H12ClF2N3O. The van der Waals surface area contributed by atoms with E-state index in [1.54, 1.807) is 30.3 Å². The van der Waals surface area contributed by atoms with E-state index >= 15 is 0 Å². The Balaban J connectivity index is 2.06. The smallest absolute Gasteiger partial charge is 0.263 e. The minimum absolute atomic E-state index is 0.117. The van der Waals surface area contributed by atoms with Crippen LogP contribution in [-0.2, 0) is 11.3 Å². The van der Waals surface area contributed by atoms with Crippen molar-refractivity contribution in [2.24, 2.45) is 0 Å². The van der Waals surface area contributed by atoms with Crippen molar-refractivity contribution in [3.05, 3.63) is 76.5 Å². The van der Waals surface area contributed by atoms with Gasteiger partial charge in [-0.2, -0.15) is 5.26 Å². The first-order valence-electron chi connectivity index (χ1n) is 6.85. The highest BCUT2D eigenvalue weighted by molar-refractivity contribution is 6.31. The summed E-state index contributed by atoms with van der Waals surface area (Å²) >= 11 is 5.97. The predicted molar refractivity (Wildman–Crippen MR) is 87.0 cm³/mol. The molecule has 2 aromatic rings. The standard InChI is InChI=1S/C17H12ClF2N3O/c18-13-5-2-1-4-11(13)9-23-17(24)12(8-21)10-22-16-14(19)6-3-7-15(16)20/h1-7,10,22H,9H2,(H,23,24)/b12-10-. The van der Waals surface area contributed by atoms with Gasteiger partial charge in [0.1, 0.15) is 29.0 Å². The SMILES string of the molecule is N#C/C(=C/Nc1c(F)cccc1F)C(=O)NCc1ccccc1Cl. The lowest BCUT2D eigenvalue weighted by Gasteiger charge is -2.07. The van der Waals surface area contributed by atoms with Crippen molar-refractivity contribution in [3.8, 4) is 6.07 Å². The molecule has 2 aromatic carbocycles. The summed E-state index contributed by atoms with van der Waals surface area (Å²) in [5.74, 6) is -2.36. The zero-order valence-electron chi connectivity index (χ0n) is 12.3. The maximum absolute atomic E-state index is 13.5. The van der Waals surface area contributed by atoms with Gasteiger partial charge in [0.05, 0.1) is 0 Å². The molecule has 2 rings (SSSR count). The highest BCUT2D eigenvalue weighted by Gasteiger charge is 2.11. The second-order valence-electron chi connectivity index (χ2n) is 4.68. The molecule has 0 radical (unpaired) electrons. The zero-order chi connectivity index (χ0) is 17.5. The van der Waals surface area contributed by atoms with E-state index < -0.39 is 23.2 Å². The average molecular weight is 348 g/mol. The van der Waals surface area contributed by atoms with Crippen LogP contribution in [0.4, 0.5) is 14.5 Å². The normalized spacial score (nSPS) is 10.8. The van der Waals surface area contributed by atoms with Gasteiger partial charge in [0.15, 0.2) is 0 Å². The van der Waals surface area contributed by atoms with Gasteiger partial charge in [0.25, 0.3) is 5.91 Å². The van der Waals surface area contributed by atoms with Crippen LogP contribution in [0.3, 0.4) is 0 Å². The zero-order valence-corrected chi connectivity index (χ0v) is 13.1. The van der Waals surface area contributed by atoms with Gasteiger partial charge in [-0.1, -0.05) is 35.9 Å². The van der Waals surface area contributed by atoms with E-state index in [9.17, 15) is 13.6 Å². The molecule has 0 saturated carbocycles. The van der Waals surface area contributed by atoms with Gasteiger partial charge >= 0.3 is 0 Å². The topological polar surface area (TPSA) is 64.9 Å². The Morgan fingerprint density at radius 2 is 1.83 bits per heavy atom. The largest absolute Gasteiger partial charge is 0.355 e. The lowest BCUT2D eigenvalue weighted by atomic mass is 10.2. The molecule has 0 aliphatic rings. The quantitative estimate of drug-likeness (QED) is 0.639. The number of para-hydroxylation sites is 1. The van der Waals surface area contributed by atoms with Crippen LogP contribution in [0.1, 0.15) is 5.56 Å². The maximum Gasteiger partial charge on any atom is 0.263 e. The summed E-state index contributed by atoms with van der Waals surface area (Å²) in [5, 5.41) is 14.3. The molecule has 2 N–H and O–H groups in total. The van der Waals surface area contributed by atoms with E-state index in [2.05, 4.69) is 10.6 Å². The molecule has 0 spiro atoms. The van der Waals surface area contributed by atoms with Gasteiger partial charge in [0.2, 0.25) is 0 Å². The number of nitriles is 1. The van der Waals surface area contributed by atoms with Crippen molar-refractivity contribution in [3.63, 3.8) is 0 Å². The second kappa shape index (κ2) is 8.09. The molecule has 4 nitrogen and oxygen atoms in total. The molecule has 1 amide bonds. The Hall–Kier alpha value is -2.91. The van der Waals surface area contributed by atoms with Crippen LogP contribution < -0.4 is 10.6 Å². The summed E-state index contributed by atoms with van der Waals surface area (Å²) in [6.45, 7) is 0.117. The van der Waals surface area contributed by atoms with Crippen LogP contribution in [0.25, 0.3) is 0 Å². The van der Waals surface area contributed by atoms with Crippen molar-refractivity contribution in [2.75, 3.05) is 5.32 Å². The number of rotatable bonds is 5. The molecule has 0 aliphatic carbocycles. The Labute approximate surface area is 142 Å². The number of anilines is 1. The highest BCUT2D eigenvalue weighted by Crippen LogP contribution is 2.18. The Morgan fingerprint density at radius 3 is 2.46 bits per heavy atom. The number of benzene rings is 2. The van der Waals surface area contributed by atoms with Gasteiger partial charge in [-0.3, -0.25) is 4.79 Å². The first kappa shape index (κ1) is 17.4. The summed E-state index contributed by atoms with van der Waals surface area (Å²) in [6, 6.07) is 11.9. The van der Waals surface area contributed by atoms with Gasteiger partial charge in [-0.25, -0.2) is 8.78 Å². The molecule has 0 unspecified atom stereocenters. The molecule has 122 valence electrons. The molecule has 0 saturated heterocycles. The second-order valence-corrected chi connectivity index (χ2v) is 5.09. The summed E-state index contributed by atoms with van der Waals surface area (Å²) < 4.78 is 27.0. The molecule has 7 heteroatoms. The number of carbonyl (C=O) groups excluding carboxylic acids is 1. The first-order valence-corrected chi connectivity index (χ1v) is 7.23.